The Morgan fingerprint density at radius 1 is 1.34 bits per heavy atom. The molecule has 156 valence electrons. The Balaban J connectivity index is 1.56. The fraction of sp³-hybridized carbons (Fsp3) is 0.524. The van der Waals surface area contributed by atoms with Gasteiger partial charge in [0.2, 0.25) is 5.91 Å². The molecule has 5 nitrogen and oxygen atoms in total. The molecule has 1 aliphatic carbocycles. The van der Waals surface area contributed by atoms with Crippen molar-refractivity contribution in [3.05, 3.63) is 47.9 Å². The van der Waals surface area contributed by atoms with Gasteiger partial charge in [-0.3, -0.25) is 9.69 Å². The van der Waals surface area contributed by atoms with Gasteiger partial charge >= 0.3 is 6.18 Å². The number of carbonyl (C=O) groups excluding carboxylic acids is 1. The highest BCUT2D eigenvalue weighted by molar-refractivity contribution is 5.90. The van der Waals surface area contributed by atoms with Crippen LogP contribution in [0.2, 0.25) is 0 Å². The summed E-state index contributed by atoms with van der Waals surface area (Å²) in [4.78, 5) is 20.6. The number of aromatic nitrogens is 1. The zero-order chi connectivity index (χ0) is 20.6. The number of hydrogen-bond acceptors (Lipinski definition) is 4. The number of hydrogen-bond donors (Lipinski definition) is 0. The number of allylic oxidation sites excluding steroid dienone is 1. The highest BCUT2D eigenvalue weighted by Crippen LogP contribution is 2.43. The molecule has 1 spiro atoms. The van der Waals surface area contributed by atoms with E-state index < -0.39 is 17.2 Å². The van der Waals surface area contributed by atoms with Gasteiger partial charge in [-0.25, -0.2) is 4.98 Å². The molecule has 0 unspecified atom stereocenters. The Hall–Kier alpha value is -2.35. The predicted octanol–water partition coefficient (Wildman–Crippen LogP) is 4.13. The summed E-state index contributed by atoms with van der Waals surface area (Å²) in [5.41, 5.74) is -0.622. The van der Waals surface area contributed by atoms with Gasteiger partial charge in [0.25, 0.3) is 0 Å². The van der Waals surface area contributed by atoms with Gasteiger partial charge in [-0.1, -0.05) is 12.2 Å². The molecule has 1 aromatic heterocycles. The van der Waals surface area contributed by atoms with E-state index >= 15 is 0 Å². The summed E-state index contributed by atoms with van der Waals surface area (Å²) >= 11 is 0. The van der Waals surface area contributed by atoms with Gasteiger partial charge in [0.1, 0.15) is 5.82 Å². The second-order valence-corrected chi connectivity index (χ2v) is 7.87. The van der Waals surface area contributed by atoms with E-state index in [1.54, 1.807) is 23.1 Å². The Kier molecular flexibility index (Phi) is 5.14. The molecule has 0 saturated carbocycles. The first kappa shape index (κ1) is 19.9. The monoisotopic (exact) mass is 407 g/mol. The van der Waals surface area contributed by atoms with Crippen molar-refractivity contribution in [3.8, 4) is 0 Å². The molecule has 0 aromatic carbocycles. The Morgan fingerprint density at radius 3 is 2.86 bits per heavy atom. The normalized spacial score (nSPS) is 27.7. The van der Waals surface area contributed by atoms with Crippen LogP contribution in [0.15, 0.2) is 42.4 Å². The molecule has 2 aliphatic heterocycles. The van der Waals surface area contributed by atoms with Crippen molar-refractivity contribution in [1.29, 1.82) is 0 Å². The summed E-state index contributed by atoms with van der Waals surface area (Å²) in [6.45, 7) is 0.647. The van der Waals surface area contributed by atoms with Crippen molar-refractivity contribution in [1.82, 2.24) is 9.88 Å². The molecular formula is C21H24F3N3O2. The number of alkyl halides is 3. The van der Waals surface area contributed by atoms with Crippen molar-refractivity contribution in [2.45, 2.75) is 44.4 Å². The molecule has 2 atom stereocenters. The topological polar surface area (TPSA) is 45.7 Å². The highest BCUT2D eigenvalue weighted by atomic mass is 19.4. The lowest BCUT2D eigenvalue weighted by atomic mass is 9.80. The lowest BCUT2D eigenvalue weighted by molar-refractivity contribution is -0.137. The van der Waals surface area contributed by atoms with Crippen molar-refractivity contribution in [2.75, 3.05) is 25.1 Å². The number of carbonyl (C=O) groups is 1. The fourth-order valence-corrected chi connectivity index (χ4v) is 4.50. The third kappa shape index (κ3) is 3.66. The minimum atomic E-state index is -4.49. The van der Waals surface area contributed by atoms with Crippen LogP contribution in [0.3, 0.4) is 0 Å². The van der Waals surface area contributed by atoms with Crippen LogP contribution in [0.25, 0.3) is 0 Å². The smallest absolute Gasteiger partial charge is 0.381 e. The van der Waals surface area contributed by atoms with Gasteiger partial charge in [0.05, 0.1) is 17.1 Å². The number of anilines is 1. The van der Waals surface area contributed by atoms with E-state index in [4.69, 9.17) is 4.74 Å². The van der Waals surface area contributed by atoms with Gasteiger partial charge in [-0.05, 0) is 44.2 Å². The maximum Gasteiger partial charge on any atom is 0.419 e. The summed E-state index contributed by atoms with van der Waals surface area (Å²) in [5.74, 6) is -0.160. The maximum atomic E-state index is 13.4. The van der Waals surface area contributed by atoms with E-state index in [2.05, 4.69) is 4.98 Å². The molecule has 1 fully saturated rings. The van der Waals surface area contributed by atoms with E-state index in [-0.39, 0.29) is 24.4 Å². The summed E-state index contributed by atoms with van der Waals surface area (Å²) < 4.78 is 45.7. The van der Waals surface area contributed by atoms with Crippen molar-refractivity contribution < 1.29 is 22.7 Å². The van der Waals surface area contributed by atoms with Crippen LogP contribution in [-0.4, -0.2) is 42.1 Å². The first-order valence-corrected chi connectivity index (χ1v) is 9.86. The van der Waals surface area contributed by atoms with Crippen LogP contribution in [0.1, 0.15) is 37.7 Å². The minimum absolute atomic E-state index is 0.0613. The van der Waals surface area contributed by atoms with Crippen molar-refractivity contribution in [3.63, 3.8) is 0 Å². The van der Waals surface area contributed by atoms with Gasteiger partial charge in [-0.2, -0.15) is 13.2 Å². The first-order valence-electron chi connectivity index (χ1n) is 9.86. The molecule has 1 aromatic rings. The van der Waals surface area contributed by atoms with Gasteiger partial charge < -0.3 is 9.64 Å². The van der Waals surface area contributed by atoms with E-state index in [1.807, 2.05) is 12.2 Å². The number of methoxy groups -OCH3 is 1. The zero-order valence-electron chi connectivity index (χ0n) is 16.3. The Labute approximate surface area is 167 Å². The van der Waals surface area contributed by atoms with E-state index in [0.717, 1.165) is 31.0 Å². The largest absolute Gasteiger partial charge is 0.419 e. The number of piperidine rings is 1. The quantitative estimate of drug-likeness (QED) is 0.756. The predicted molar refractivity (Wildman–Crippen MR) is 102 cm³/mol. The number of ether oxygens (including phenoxy) is 1. The van der Waals surface area contributed by atoms with Gasteiger partial charge in [0, 0.05) is 38.3 Å². The number of pyridine rings is 1. The van der Waals surface area contributed by atoms with Crippen LogP contribution in [0, 0.1) is 5.41 Å². The average molecular weight is 407 g/mol. The molecule has 1 saturated heterocycles. The van der Waals surface area contributed by atoms with Crippen LogP contribution in [-0.2, 0) is 15.7 Å². The summed E-state index contributed by atoms with van der Waals surface area (Å²) in [6, 6.07) is 2.33. The van der Waals surface area contributed by atoms with Crippen LogP contribution >= 0.6 is 0 Å². The Morgan fingerprint density at radius 2 is 2.17 bits per heavy atom. The summed E-state index contributed by atoms with van der Waals surface area (Å²) in [5, 5.41) is 0. The second kappa shape index (κ2) is 7.48. The lowest BCUT2D eigenvalue weighted by Gasteiger charge is -2.40. The van der Waals surface area contributed by atoms with Gasteiger partial charge in [0.15, 0.2) is 0 Å². The third-order valence-electron chi connectivity index (χ3n) is 6.08. The molecule has 4 rings (SSSR count). The highest BCUT2D eigenvalue weighted by Gasteiger charge is 2.48. The average Bonchev–Trinajstić information content (AvgIpc) is 3.03. The minimum Gasteiger partial charge on any atom is -0.381 e. The molecule has 0 bridgehead atoms. The van der Waals surface area contributed by atoms with E-state index in [0.29, 0.717) is 19.4 Å². The number of nitrogens with zero attached hydrogens (tertiary/aromatic N) is 3. The SMILES string of the molecule is CO[C@H]1CC=C(N2C=C[C@@]3(CCCN(c4ncccc4C(F)(F)F)C3)C2=O)CC1. The molecule has 3 aliphatic rings. The Bertz CT molecular complexity index is 852. The van der Waals surface area contributed by atoms with Crippen LogP contribution in [0.4, 0.5) is 19.0 Å². The molecule has 8 heteroatoms. The summed E-state index contributed by atoms with van der Waals surface area (Å²) in [7, 11) is 1.68. The zero-order valence-corrected chi connectivity index (χ0v) is 16.3. The molecule has 1 amide bonds. The second-order valence-electron chi connectivity index (χ2n) is 7.87. The van der Waals surface area contributed by atoms with Crippen LogP contribution < -0.4 is 4.90 Å². The summed E-state index contributed by atoms with van der Waals surface area (Å²) in [6.07, 6.45) is 6.32. The van der Waals surface area contributed by atoms with Crippen molar-refractivity contribution in [2.24, 2.45) is 5.41 Å². The molecule has 0 radical (unpaired) electrons. The van der Waals surface area contributed by atoms with E-state index in [1.165, 1.54) is 12.3 Å². The molecule has 0 N–H and O–H groups in total. The standard InChI is InChI=1S/C21H24F3N3O2/c1-29-16-7-5-15(6-8-16)27-13-10-20(19(27)28)9-3-12-26(14-20)18-17(21(22,23)24)4-2-11-25-18/h2,4-5,10-11,13,16H,3,6-9,12,14H2,1H3/t16-,20+/m0/s1. The number of amides is 1. The maximum absolute atomic E-state index is 13.4. The lowest BCUT2D eigenvalue weighted by Crippen LogP contribution is -2.49. The van der Waals surface area contributed by atoms with Crippen molar-refractivity contribution >= 4 is 11.7 Å². The molecule has 3 heterocycles. The number of rotatable bonds is 3. The van der Waals surface area contributed by atoms with Gasteiger partial charge in [-0.15, -0.1) is 0 Å². The molecule has 29 heavy (non-hydrogen) atoms. The van der Waals surface area contributed by atoms with Crippen LogP contribution in [0.5, 0.6) is 0 Å². The first-order chi connectivity index (χ1) is 13.8. The fourth-order valence-electron chi connectivity index (χ4n) is 4.50. The number of halogens is 3. The molecular weight excluding hydrogens is 383 g/mol. The van der Waals surface area contributed by atoms with E-state index in [9.17, 15) is 18.0 Å². The third-order valence-corrected chi connectivity index (χ3v) is 6.08.